The van der Waals surface area contributed by atoms with Crippen LogP contribution >= 0.6 is 0 Å². The third kappa shape index (κ3) is 5.04. The average Bonchev–Trinajstić information content (AvgIpc) is 3.08. The number of benzene rings is 3. The van der Waals surface area contributed by atoms with Crippen LogP contribution in [0.5, 0.6) is 5.75 Å². The molecule has 190 valence electrons. The maximum Gasteiger partial charge on any atom is 0.227 e. The summed E-state index contributed by atoms with van der Waals surface area (Å²) in [5, 5.41) is 3.59. The molecule has 3 aromatic rings. The molecule has 0 fully saturated rings. The van der Waals surface area contributed by atoms with E-state index in [2.05, 4.69) is 24.4 Å². The number of carbonyl (C=O) groups excluding carboxylic acids is 2. The molecule has 2 atom stereocenters. The highest BCUT2D eigenvalue weighted by Crippen LogP contribution is 2.47. The van der Waals surface area contributed by atoms with E-state index in [0.29, 0.717) is 31.4 Å². The Kier molecular flexibility index (Phi) is 7.40. The second-order valence-electron chi connectivity index (χ2n) is 9.76. The summed E-state index contributed by atoms with van der Waals surface area (Å²) in [6.45, 7) is 4.73. The molecule has 0 spiro atoms. The number of anilines is 2. The van der Waals surface area contributed by atoms with Crippen LogP contribution in [0.1, 0.15) is 69.0 Å². The topological polar surface area (TPSA) is 58.6 Å². The highest BCUT2D eigenvalue weighted by atomic mass is 16.5. The van der Waals surface area contributed by atoms with Crippen molar-refractivity contribution in [3.05, 3.63) is 101 Å². The molecule has 1 heterocycles. The maximum absolute atomic E-state index is 13.9. The molecule has 5 heteroatoms. The summed E-state index contributed by atoms with van der Waals surface area (Å²) >= 11 is 0. The minimum Gasteiger partial charge on any atom is -0.494 e. The van der Waals surface area contributed by atoms with Crippen LogP contribution < -0.4 is 15.0 Å². The molecular weight excluding hydrogens is 460 g/mol. The number of amides is 1. The van der Waals surface area contributed by atoms with E-state index in [1.54, 1.807) is 0 Å². The van der Waals surface area contributed by atoms with Crippen LogP contribution in [0.25, 0.3) is 0 Å². The van der Waals surface area contributed by atoms with Crippen LogP contribution in [0.15, 0.2) is 90.1 Å². The molecule has 1 aliphatic heterocycles. The lowest BCUT2D eigenvalue weighted by Gasteiger charge is -2.35. The second-order valence-corrected chi connectivity index (χ2v) is 9.76. The zero-order valence-electron chi connectivity index (χ0n) is 21.6. The first kappa shape index (κ1) is 24.8. The number of fused-ring (bicyclic) bond motifs is 1. The molecule has 5 rings (SSSR count). The van der Waals surface area contributed by atoms with Crippen molar-refractivity contribution in [3.8, 4) is 5.75 Å². The normalized spacial score (nSPS) is 19.0. The Labute approximate surface area is 219 Å². The van der Waals surface area contributed by atoms with Gasteiger partial charge in [-0.2, -0.15) is 0 Å². The fraction of sp³-hybridized carbons (Fsp3) is 0.312. The van der Waals surface area contributed by atoms with Crippen LogP contribution in [-0.4, -0.2) is 18.3 Å². The van der Waals surface area contributed by atoms with Gasteiger partial charge in [0.2, 0.25) is 5.91 Å². The standard InChI is InChI=1S/C32H34N2O3/c1-3-5-19-37-25-17-15-22(16-18-25)24-20-27-31(29(35)21-24)32(23-11-7-6-8-12-23)34(30(36)4-2)28-14-10-9-13-26(28)33-27/h6-18,24,32-33H,3-5,19-21H2,1-2H3/t24-,32-/m1/s1. The quantitative estimate of drug-likeness (QED) is 0.354. The molecule has 37 heavy (non-hydrogen) atoms. The first-order chi connectivity index (χ1) is 18.1. The molecule has 0 unspecified atom stereocenters. The van der Waals surface area contributed by atoms with Gasteiger partial charge in [0.1, 0.15) is 5.75 Å². The number of para-hydroxylation sites is 2. The van der Waals surface area contributed by atoms with Crippen molar-refractivity contribution in [1.82, 2.24) is 0 Å². The van der Waals surface area contributed by atoms with Gasteiger partial charge >= 0.3 is 0 Å². The molecular formula is C32H34N2O3. The van der Waals surface area contributed by atoms with Crippen molar-refractivity contribution in [2.45, 2.75) is 57.9 Å². The van der Waals surface area contributed by atoms with Crippen molar-refractivity contribution < 1.29 is 14.3 Å². The molecule has 5 nitrogen and oxygen atoms in total. The predicted octanol–water partition coefficient (Wildman–Crippen LogP) is 7.18. The summed E-state index contributed by atoms with van der Waals surface area (Å²) in [7, 11) is 0. The van der Waals surface area contributed by atoms with E-state index < -0.39 is 6.04 Å². The molecule has 1 amide bonds. The van der Waals surface area contributed by atoms with E-state index in [9.17, 15) is 9.59 Å². The van der Waals surface area contributed by atoms with Gasteiger partial charge in [-0.25, -0.2) is 0 Å². The number of carbonyl (C=O) groups is 2. The number of Topliss-reactive ketones (excluding diaryl/α,β-unsaturated/α-hetero) is 1. The third-order valence-corrected chi connectivity index (χ3v) is 7.29. The first-order valence-electron chi connectivity index (χ1n) is 13.3. The number of rotatable bonds is 7. The Bertz CT molecular complexity index is 1300. The fourth-order valence-corrected chi connectivity index (χ4v) is 5.39. The Morgan fingerprint density at radius 1 is 0.919 bits per heavy atom. The van der Waals surface area contributed by atoms with E-state index >= 15 is 0 Å². The summed E-state index contributed by atoms with van der Waals surface area (Å²) in [6.07, 6.45) is 3.58. The Hall–Kier alpha value is -3.86. The van der Waals surface area contributed by atoms with Crippen molar-refractivity contribution in [2.24, 2.45) is 0 Å². The summed E-state index contributed by atoms with van der Waals surface area (Å²) in [6, 6.07) is 25.5. The van der Waals surface area contributed by atoms with Crippen LogP contribution in [0.3, 0.4) is 0 Å². The number of ketones is 1. The van der Waals surface area contributed by atoms with E-state index in [4.69, 9.17) is 4.74 Å². The van der Waals surface area contributed by atoms with Crippen molar-refractivity contribution >= 4 is 23.1 Å². The lowest BCUT2D eigenvalue weighted by Crippen LogP contribution is -2.38. The summed E-state index contributed by atoms with van der Waals surface area (Å²) < 4.78 is 5.83. The number of hydrogen-bond acceptors (Lipinski definition) is 4. The summed E-state index contributed by atoms with van der Waals surface area (Å²) in [4.78, 5) is 29.2. The molecule has 1 aliphatic carbocycles. The predicted molar refractivity (Wildman–Crippen MR) is 148 cm³/mol. The summed E-state index contributed by atoms with van der Waals surface area (Å²) in [5.41, 5.74) is 5.31. The smallest absolute Gasteiger partial charge is 0.227 e. The van der Waals surface area contributed by atoms with Gasteiger partial charge in [0.15, 0.2) is 5.78 Å². The molecule has 0 saturated carbocycles. The highest BCUT2D eigenvalue weighted by Gasteiger charge is 2.41. The Balaban J connectivity index is 1.55. The number of hydrogen-bond donors (Lipinski definition) is 1. The number of nitrogens with zero attached hydrogens (tertiary/aromatic N) is 1. The Morgan fingerprint density at radius 3 is 2.38 bits per heavy atom. The van der Waals surface area contributed by atoms with Gasteiger partial charge in [-0.3, -0.25) is 14.5 Å². The van der Waals surface area contributed by atoms with Gasteiger partial charge in [-0.15, -0.1) is 0 Å². The van der Waals surface area contributed by atoms with Crippen LogP contribution in [-0.2, 0) is 9.59 Å². The van der Waals surface area contributed by atoms with Crippen molar-refractivity contribution in [2.75, 3.05) is 16.8 Å². The first-order valence-corrected chi connectivity index (χ1v) is 13.3. The van der Waals surface area contributed by atoms with Crippen molar-refractivity contribution in [3.63, 3.8) is 0 Å². The monoisotopic (exact) mass is 494 g/mol. The van der Waals surface area contributed by atoms with Crippen LogP contribution in [0.2, 0.25) is 0 Å². The molecule has 2 aliphatic rings. The van der Waals surface area contributed by atoms with Gasteiger partial charge in [-0.05, 0) is 54.2 Å². The minimum absolute atomic E-state index is 0.00885. The zero-order chi connectivity index (χ0) is 25.8. The second kappa shape index (κ2) is 11.0. The van der Waals surface area contributed by atoms with E-state index in [-0.39, 0.29) is 17.6 Å². The molecule has 0 aromatic heterocycles. The van der Waals surface area contributed by atoms with E-state index in [1.807, 2.05) is 78.6 Å². The maximum atomic E-state index is 13.9. The molecule has 0 radical (unpaired) electrons. The van der Waals surface area contributed by atoms with Gasteiger partial charge in [0.25, 0.3) is 0 Å². The largest absolute Gasteiger partial charge is 0.494 e. The van der Waals surface area contributed by atoms with E-state index in [1.165, 1.54) is 0 Å². The SMILES string of the molecule is CCCCOc1ccc([C@H]2CC(=O)C3=C(C2)Nc2ccccc2N(C(=O)CC)[C@@H]3c2ccccc2)cc1. The van der Waals surface area contributed by atoms with Gasteiger partial charge < -0.3 is 10.1 Å². The number of nitrogens with one attached hydrogen (secondary N) is 1. The molecule has 1 N–H and O–H groups in total. The zero-order valence-corrected chi connectivity index (χ0v) is 21.6. The van der Waals surface area contributed by atoms with Crippen LogP contribution in [0, 0.1) is 0 Å². The van der Waals surface area contributed by atoms with Crippen LogP contribution in [0.4, 0.5) is 11.4 Å². The molecule has 3 aromatic carbocycles. The van der Waals surface area contributed by atoms with Gasteiger partial charge in [0, 0.05) is 24.1 Å². The van der Waals surface area contributed by atoms with Gasteiger partial charge in [-0.1, -0.05) is 74.9 Å². The minimum atomic E-state index is -0.470. The fourth-order valence-electron chi connectivity index (χ4n) is 5.39. The average molecular weight is 495 g/mol. The molecule has 0 bridgehead atoms. The number of allylic oxidation sites excluding steroid dienone is 1. The lowest BCUT2D eigenvalue weighted by atomic mass is 9.78. The third-order valence-electron chi connectivity index (χ3n) is 7.29. The van der Waals surface area contributed by atoms with E-state index in [0.717, 1.165) is 46.8 Å². The van der Waals surface area contributed by atoms with Gasteiger partial charge in [0.05, 0.1) is 24.0 Å². The lowest BCUT2D eigenvalue weighted by molar-refractivity contribution is -0.119. The number of unbranched alkanes of at least 4 members (excludes halogenated alkanes) is 1. The Morgan fingerprint density at radius 2 is 1.65 bits per heavy atom. The number of ether oxygens (including phenoxy) is 1. The highest BCUT2D eigenvalue weighted by molar-refractivity contribution is 6.06. The molecule has 0 saturated heterocycles. The van der Waals surface area contributed by atoms with Crippen molar-refractivity contribution in [1.29, 1.82) is 0 Å². The summed E-state index contributed by atoms with van der Waals surface area (Å²) in [5.74, 6) is 0.988.